The Labute approximate surface area is 137 Å². The molecule has 1 atom stereocenters. The second-order valence-electron chi connectivity index (χ2n) is 5.70. The SMILES string of the molecule is C[N+]1(C(=O)O)N=CC2=C1c1c(csc1Oc1ccccc1)CC2. The van der Waals surface area contributed by atoms with Crippen LogP contribution in [-0.2, 0) is 6.42 Å². The average Bonchev–Trinajstić information content (AvgIpc) is 3.11. The van der Waals surface area contributed by atoms with Crippen molar-refractivity contribution in [2.75, 3.05) is 7.05 Å². The molecule has 1 aromatic carbocycles. The summed E-state index contributed by atoms with van der Waals surface area (Å²) in [7, 11) is 1.60. The van der Waals surface area contributed by atoms with Crippen LogP contribution in [0.15, 0.2) is 46.4 Å². The zero-order valence-electron chi connectivity index (χ0n) is 12.5. The van der Waals surface area contributed by atoms with Gasteiger partial charge in [0.05, 0.1) is 11.8 Å². The standard InChI is InChI=1S/C17H14N2O3S/c1-19(17(20)21)15-11(9-18-19)7-8-12-10-23-16(14(12)15)22-13-5-3-2-4-6-13/h2-6,9-10H,7-8H2,1H3/p+1. The Kier molecular flexibility index (Phi) is 3.11. The van der Waals surface area contributed by atoms with Crippen molar-refractivity contribution in [3.63, 3.8) is 0 Å². The third-order valence-corrected chi connectivity index (χ3v) is 5.15. The average molecular weight is 327 g/mol. The summed E-state index contributed by atoms with van der Waals surface area (Å²) >= 11 is 1.51. The van der Waals surface area contributed by atoms with E-state index in [2.05, 4.69) is 10.5 Å². The molecule has 1 aromatic heterocycles. The van der Waals surface area contributed by atoms with Gasteiger partial charge in [-0.05, 0) is 35.9 Å². The number of rotatable bonds is 2. The molecule has 0 saturated carbocycles. The van der Waals surface area contributed by atoms with E-state index in [1.165, 1.54) is 11.3 Å². The fourth-order valence-electron chi connectivity index (χ4n) is 3.04. The maximum atomic E-state index is 11.8. The monoisotopic (exact) mass is 327 g/mol. The van der Waals surface area contributed by atoms with E-state index in [0.29, 0.717) is 0 Å². The molecule has 2 heterocycles. The number of amides is 1. The van der Waals surface area contributed by atoms with Crippen LogP contribution in [-0.4, -0.2) is 29.1 Å². The van der Waals surface area contributed by atoms with Gasteiger partial charge in [0.1, 0.15) is 12.8 Å². The van der Waals surface area contributed by atoms with E-state index < -0.39 is 10.7 Å². The first-order chi connectivity index (χ1) is 11.1. The van der Waals surface area contributed by atoms with Gasteiger partial charge in [-0.15, -0.1) is 11.3 Å². The molecular weight excluding hydrogens is 312 g/mol. The minimum absolute atomic E-state index is 0.468. The van der Waals surface area contributed by atoms with Gasteiger partial charge in [0, 0.05) is 5.57 Å². The summed E-state index contributed by atoms with van der Waals surface area (Å²) in [6, 6.07) is 9.54. The van der Waals surface area contributed by atoms with Crippen LogP contribution in [0.2, 0.25) is 0 Å². The van der Waals surface area contributed by atoms with E-state index in [1.807, 2.05) is 30.3 Å². The van der Waals surface area contributed by atoms with E-state index >= 15 is 0 Å². The van der Waals surface area contributed by atoms with Crippen LogP contribution in [0.1, 0.15) is 17.5 Å². The molecule has 1 aliphatic carbocycles. The summed E-state index contributed by atoms with van der Waals surface area (Å²) in [4.78, 5) is 11.8. The van der Waals surface area contributed by atoms with Crippen molar-refractivity contribution in [2.45, 2.75) is 12.8 Å². The second-order valence-corrected chi connectivity index (χ2v) is 6.54. The molecule has 1 N–H and O–H groups in total. The van der Waals surface area contributed by atoms with Gasteiger partial charge in [0.2, 0.25) is 0 Å². The molecule has 0 fully saturated rings. The minimum Gasteiger partial charge on any atom is -0.446 e. The summed E-state index contributed by atoms with van der Waals surface area (Å²) in [5, 5.41) is 16.7. The van der Waals surface area contributed by atoms with Crippen molar-refractivity contribution in [1.82, 2.24) is 0 Å². The quantitative estimate of drug-likeness (QED) is 0.836. The van der Waals surface area contributed by atoms with Gasteiger partial charge in [-0.3, -0.25) is 0 Å². The van der Waals surface area contributed by atoms with Crippen molar-refractivity contribution >= 4 is 29.3 Å². The number of para-hydroxylation sites is 1. The van der Waals surface area contributed by atoms with E-state index in [1.54, 1.807) is 13.3 Å². The van der Waals surface area contributed by atoms with Crippen LogP contribution in [0.25, 0.3) is 5.70 Å². The van der Waals surface area contributed by atoms with Crippen LogP contribution in [0.4, 0.5) is 4.79 Å². The molecule has 0 spiro atoms. The molecule has 5 nitrogen and oxygen atoms in total. The number of carbonyl (C=O) groups is 1. The molecule has 2 aromatic rings. The molecule has 0 saturated heterocycles. The predicted molar refractivity (Wildman–Crippen MR) is 88.8 cm³/mol. The first kappa shape index (κ1) is 14.2. The largest absolute Gasteiger partial charge is 0.546 e. The molecule has 116 valence electrons. The lowest BCUT2D eigenvalue weighted by Gasteiger charge is -2.23. The fourth-order valence-corrected chi connectivity index (χ4v) is 4.01. The number of carboxylic acid groups (broad SMARTS) is 1. The van der Waals surface area contributed by atoms with E-state index in [0.717, 1.165) is 46.1 Å². The molecule has 1 amide bonds. The van der Waals surface area contributed by atoms with Crippen molar-refractivity contribution < 1.29 is 19.2 Å². The Morgan fingerprint density at radius 3 is 2.83 bits per heavy atom. The maximum absolute atomic E-state index is 11.8. The second kappa shape index (κ2) is 5.04. The lowest BCUT2D eigenvalue weighted by molar-refractivity contribution is -0.767. The Morgan fingerprint density at radius 2 is 2.09 bits per heavy atom. The topological polar surface area (TPSA) is 58.9 Å². The molecule has 6 heteroatoms. The number of fused-ring (bicyclic) bond motifs is 2. The van der Waals surface area contributed by atoms with Crippen LogP contribution in [0.5, 0.6) is 10.8 Å². The maximum Gasteiger partial charge on any atom is 0.546 e. The molecule has 23 heavy (non-hydrogen) atoms. The lowest BCUT2D eigenvalue weighted by atomic mass is 9.92. The molecule has 0 radical (unpaired) electrons. The Bertz CT molecular complexity index is 854. The molecule has 1 unspecified atom stereocenters. The van der Waals surface area contributed by atoms with E-state index in [4.69, 9.17) is 4.74 Å². The summed E-state index contributed by atoms with van der Waals surface area (Å²) in [6.07, 6.45) is 2.40. The number of quaternary nitrogens is 1. The summed E-state index contributed by atoms with van der Waals surface area (Å²) in [5.74, 6) is 0.744. The zero-order valence-corrected chi connectivity index (χ0v) is 13.3. The highest BCUT2D eigenvalue weighted by molar-refractivity contribution is 7.12. The van der Waals surface area contributed by atoms with Gasteiger partial charge < -0.3 is 9.84 Å². The normalized spacial score (nSPS) is 22.0. The van der Waals surface area contributed by atoms with Gasteiger partial charge in [-0.2, -0.15) is 4.79 Å². The van der Waals surface area contributed by atoms with Crippen LogP contribution >= 0.6 is 11.3 Å². The number of aryl methyl sites for hydroxylation is 1. The van der Waals surface area contributed by atoms with Gasteiger partial charge in [0.15, 0.2) is 10.8 Å². The molecule has 0 bridgehead atoms. The zero-order chi connectivity index (χ0) is 16.0. The fraction of sp³-hybridized carbons (Fsp3) is 0.176. The molecular formula is C17H15N2O3S+. The van der Waals surface area contributed by atoms with E-state index in [-0.39, 0.29) is 0 Å². The first-order valence-electron chi connectivity index (χ1n) is 7.32. The molecule has 1 aliphatic heterocycles. The van der Waals surface area contributed by atoms with Crippen LogP contribution in [0, 0.1) is 0 Å². The van der Waals surface area contributed by atoms with Gasteiger partial charge >= 0.3 is 6.09 Å². The van der Waals surface area contributed by atoms with Crippen molar-refractivity contribution in [3.8, 4) is 10.8 Å². The van der Waals surface area contributed by atoms with Gasteiger partial charge in [-0.1, -0.05) is 27.9 Å². The van der Waals surface area contributed by atoms with Crippen molar-refractivity contribution in [2.24, 2.45) is 5.10 Å². The summed E-state index contributed by atoms with van der Waals surface area (Å²) in [6.45, 7) is 0. The van der Waals surface area contributed by atoms with Crippen LogP contribution < -0.4 is 4.74 Å². The lowest BCUT2D eigenvalue weighted by Crippen LogP contribution is -2.40. The number of hydrogen-bond donors (Lipinski definition) is 1. The highest BCUT2D eigenvalue weighted by atomic mass is 32.1. The number of benzene rings is 1. The number of nitrogens with zero attached hydrogens (tertiary/aromatic N) is 2. The number of thiophene rings is 1. The minimum atomic E-state index is -0.990. The van der Waals surface area contributed by atoms with E-state index in [9.17, 15) is 9.90 Å². The smallest absolute Gasteiger partial charge is 0.446 e. The Morgan fingerprint density at radius 1 is 1.30 bits per heavy atom. The van der Waals surface area contributed by atoms with Gasteiger partial charge in [0.25, 0.3) is 0 Å². The number of ether oxygens (including phenoxy) is 1. The first-order valence-corrected chi connectivity index (χ1v) is 8.20. The van der Waals surface area contributed by atoms with Crippen molar-refractivity contribution in [1.29, 1.82) is 0 Å². The van der Waals surface area contributed by atoms with Crippen molar-refractivity contribution in [3.05, 3.63) is 52.4 Å². The molecule has 2 aliphatic rings. The highest BCUT2D eigenvalue weighted by Crippen LogP contribution is 2.48. The Hall–Kier alpha value is -2.44. The third-order valence-electron chi connectivity index (χ3n) is 4.24. The highest BCUT2D eigenvalue weighted by Gasteiger charge is 2.48. The Balaban J connectivity index is 1.82. The van der Waals surface area contributed by atoms with Crippen LogP contribution in [0.3, 0.4) is 0 Å². The van der Waals surface area contributed by atoms with Gasteiger partial charge in [-0.25, -0.2) is 0 Å². The summed E-state index contributed by atoms with van der Waals surface area (Å²) < 4.78 is 5.56. The molecule has 4 rings (SSSR count). The number of hydrogen-bond acceptors (Lipinski definition) is 4. The predicted octanol–water partition coefficient (Wildman–Crippen LogP) is 4.32. The summed E-state index contributed by atoms with van der Waals surface area (Å²) in [5.41, 5.74) is 3.74. The number of allylic oxidation sites excluding steroid dienone is 1. The third kappa shape index (κ3) is 2.10.